The molecule has 5 nitrogen and oxygen atoms in total. The number of hydrogen-bond acceptors (Lipinski definition) is 4. The van der Waals surface area contributed by atoms with Crippen LogP contribution in [-0.4, -0.2) is 42.5 Å². The summed E-state index contributed by atoms with van der Waals surface area (Å²) >= 11 is 0. The SMILES string of the molecule is COc1cnccc1C(=O)N(C)C1CCCCC1CN. The fourth-order valence-corrected chi connectivity index (χ4v) is 3.03. The number of nitrogens with zero attached hydrogens (tertiary/aromatic N) is 2. The highest BCUT2D eigenvalue weighted by molar-refractivity contribution is 5.96. The van der Waals surface area contributed by atoms with Crippen LogP contribution in [0.5, 0.6) is 5.75 Å². The van der Waals surface area contributed by atoms with Gasteiger partial charge < -0.3 is 15.4 Å². The van der Waals surface area contributed by atoms with Crippen LogP contribution in [0.2, 0.25) is 0 Å². The maximum absolute atomic E-state index is 12.7. The van der Waals surface area contributed by atoms with Crippen molar-refractivity contribution in [2.45, 2.75) is 31.7 Å². The Kier molecular flexibility index (Phi) is 4.95. The van der Waals surface area contributed by atoms with E-state index in [1.54, 1.807) is 25.6 Å². The van der Waals surface area contributed by atoms with E-state index in [1.807, 2.05) is 11.9 Å². The number of ether oxygens (including phenoxy) is 1. The van der Waals surface area contributed by atoms with Crippen molar-refractivity contribution in [2.75, 3.05) is 20.7 Å². The first-order valence-corrected chi connectivity index (χ1v) is 7.14. The van der Waals surface area contributed by atoms with Gasteiger partial charge in [0.15, 0.2) is 0 Å². The number of pyridine rings is 1. The number of methoxy groups -OCH3 is 1. The minimum absolute atomic E-state index is 0.0189. The summed E-state index contributed by atoms with van der Waals surface area (Å²) < 4.78 is 5.22. The molecule has 2 atom stereocenters. The average Bonchev–Trinajstić information content (AvgIpc) is 2.53. The van der Waals surface area contributed by atoms with Gasteiger partial charge in [-0.1, -0.05) is 12.8 Å². The van der Waals surface area contributed by atoms with Crippen molar-refractivity contribution in [1.29, 1.82) is 0 Å². The zero-order chi connectivity index (χ0) is 14.5. The summed E-state index contributed by atoms with van der Waals surface area (Å²) in [5.41, 5.74) is 6.42. The summed E-state index contributed by atoms with van der Waals surface area (Å²) in [6.07, 6.45) is 7.68. The molecule has 20 heavy (non-hydrogen) atoms. The largest absolute Gasteiger partial charge is 0.494 e. The van der Waals surface area contributed by atoms with E-state index in [1.165, 1.54) is 6.42 Å². The second-order valence-corrected chi connectivity index (χ2v) is 5.34. The first-order valence-electron chi connectivity index (χ1n) is 7.14. The summed E-state index contributed by atoms with van der Waals surface area (Å²) in [6, 6.07) is 1.93. The first kappa shape index (κ1) is 14.8. The lowest BCUT2D eigenvalue weighted by Gasteiger charge is -2.37. The second kappa shape index (κ2) is 6.70. The molecule has 5 heteroatoms. The molecule has 1 aromatic rings. The van der Waals surface area contributed by atoms with Gasteiger partial charge in [0.05, 0.1) is 18.9 Å². The van der Waals surface area contributed by atoms with Crippen LogP contribution in [0, 0.1) is 5.92 Å². The maximum Gasteiger partial charge on any atom is 0.257 e. The number of hydrogen-bond donors (Lipinski definition) is 1. The molecular formula is C15H23N3O2. The van der Waals surface area contributed by atoms with Crippen LogP contribution in [0.3, 0.4) is 0 Å². The Labute approximate surface area is 120 Å². The van der Waals surface area contributed by atoms with Gasteiger partial charge in [0.2, 0.25) is 0 Å². The van der Waals surface area contributed by atoms with E-state index in [4.69, 9.17) is 10.5 Å². The lowest BCUT2D eigenvalue weighted by Crippen LogP contribution is -2.46. The van der Waals surface area contributed by atoms with E-state index < -0.39 is 0 Å². The van der Waals surface area contributed by atoms with Gasteiger partial charge in [-0.05, 0) is 31.4 Å². The number of carbonyl (C=O) groups is 1. The highest BCUT2D eigenvalue weighted by atomic mass is 16.5. The Bertz CT molecular complexity index is 464. The van der Waals surface area contributed by atoms with Crippen molar-refractivity contribution in [3.8, 4) is 5.75 Å². The van der Waals surface area contributed by atoms with Gasteiger partial charge >= 0.3 is 0 Å². The van der Waals surface area contributed by atoms with Gasteiger partial charge in [-0.15, -0.1) is 0 Å². The number of carbonyl (C=O) groups excluding carboxylic acids is 1. The molecule has 2 N–H and O–H groups in total. The number of amides is 1. The molecule has 0 radical (unpaired) electrons. The summed E-state index contributed by atoms with van der Waals surface area (Å²) in [4.78, 5) is 18.5. The predicted molar refractivity (Wildman–Crippen MR) is 77.7 cm³/mol. The lowest BCUT2D eigenvalue weighted by atomic mass is 9.83. The first-order chi connectivity index (χ1) is 9.69. The molecule has 110 valence electrons. The van der Waals surface area contributed by atoms with Crippen LogP contribution in [0.1, 0.15) is 36.0 Å². The van der Waals surface area contributed by atoms with E-state index >= 15 is 0 Å². The molecule has 2 rings (SSSR count). The average molecular weight is 277 g/mol. The maximum atomic E-state index is 12.7. The normalized spacial score (nSPS) is 22.4. The Morgan fingerprint density at radius 3 is 2.95 bits per heavy atom. The summed E-state index contributed by atoms with van der Waals surface area (Å²) in [5.74, 6) is 0.893. The van der Waals surface area contributed by atoms with Crippen LogP contribution in [0.4, 0.5) is 0 Å². The standard InChI is InChI=1S/C15H23N3O2/c1-18(13-6-4-3-5-11(13)9-16)15(19)12-7-8-17-10-14(12)20-2/h7-8,10-11,13H,3-6,9,16H2,1-2H3. The van der Waals surface area contributed by atoms with Gasteiger partial charge in [0.25, 0.3) is 5.91 Å². The molecule has 1 aliphatic rings. The topological polar surface area (TPSA) is 68.5 Å². The quantitative estimate of drug-likeness (QED) is 0.909. The molecule has 1 fully saturated rings. The Balaban J connectivity index is 2.19. The molecule has 0 aliphatic heterocycles. The van der Waals surface area contributed by atoms with Crippen molar-refractivity contribution < 1.29 is 9.53 Å². The van der Waals surface area contributed by atoms with Gasteiger partial charge in [0, 0.05) is 19.3 Å². The van der Waals surface area contributed by atoms with E-state index in [9.17, 15) is 4.79 Å². The Hall–Kier alpha value is -1.62. The smallest absolute Gasteiger partial charge is 0.257 e. The summed E-state index contributed by atoms with van der Waals surface area (Å²) in [6.45, 7) is 0.635. The molecule has 2 unspecified atom stereocenters. The van der Waals surface area contributed by atoms with E-state index in [-0.39, 0.29) is 11.9 Å². The fraction of sp³-hybridized carbons (Fsp3) is 0.600. The number of rotatable bonds is 4. The number of nitrogens with two attached hydrogens (primary N) is 1. The summed E-state index contributed by atoms with van der Waals surface area (Å²) in [5, 5.41) is 0. The Morgan fingerprint density at radius 2 is 2.25 bits per heavy atom. The number of aromatic nitrogens is 1. The van der Waals surface area contributed by atoms with Crippen molar-refractivity contribution in [2.24, 2.45) is 11.7 Å². The highest BCUT2D eigenvalue weighted by Gasteiger charge is 2.31. The van der Waals surface area contributed by atoms with Crippen molar-refractivity contribution in [1.82, 2.24) is 9.88 Å². The summed E-state index contributed by atoms with van der Waals surface area (Å²) in [7, 11) is 3.41. The van der Waals surface area contributed by atoms with E-state index in [0.717, 1.165) is 19.3 Å². The fourth-order valence-electron chi connectivity index (χ4n) is 3.03. The zero-order valence-electron chi connectivity index (χ0n) is 12.2. The molecule has 1 heterocycles. The molecule has 0 aromatic carbocycles. The second-order valence-electron chi connectivity index (χ2n) is 5.34. The van der Waals surface area contributed by atoms with Crippen LogP contribution >= 0.6 is 0 Å². The van der Waals surface area contributed by atoms with Crippen LogP contribution in [0.15, 0.2) is 18.5 Å². The highest BCUT2D eigenvalue weighted by Crippen LogP contribution is 2.29. The van der Waals surface area contributed by atoms with Crippen LogP contribution in [0.25, 0.3) is 0 Å². The third kappa shape index (κ3) is 2.93. The molecular weight excluding hydrogens is 254 g/mol. The minimum atomic E-state index is -0.0189. The van der Waals surface area contributed by atoms with Crippen molar-refractivity contribution >= 4 is 5.91 Å². The molecule has 1 amide bonds. The minimum Gasteiger partial charge on any atom is -0.494 e. The molecule has 0 spiro atoms. The zero-order valence-corrected chi connectivity index (χ0v) is 12.2. The van der Waals surface area contributed by atoms with Crippen molar-refractivity contribution in [3.05, 3.63) is 24.0 Å². The molecule has 1 aliphatic carbocycles. The van der Waals surface area contributed by atoms with Gasteiger partial charge in [0.1, 0.15) is 5.75 Å². The van der Waals surface area contributed by atoms with Gasteiger partial charge in [-0.25, -0.2) is 0 Å². The molecule has 1 saturated carbocycles. The van der Waals surface area contributed by atoms with E-state index in [0.29, 0.717) is 23.8 Å². The lowest BCUT2D eigenvalue weighted by molar-refractivity contribution is 0.0617. The monoisotopic (exact) mass is 277 g/mol. The molecule has 0 bridgehead atoms. The van der Waals surface area contributed by atoms with E-state index in [2.05, 4.69) is 4.98 Å². The Morgan fingerprint density at radius 1 is 1.50 bits per heavy atom. The molecule has 0 saturated heterocycles. The third-order valence-corrected chi connectivity index (χ3v) is 4.22. The van der Waals surface area contributed by atoms with Crippen LogP contribution < -0.4 is 10.5 Å². The third-order valence-electron chi connectivity index (χ3n) is 4.22. The van der Waals surface area contributed by atoms with Gasteiger partial charge in [-0.3, -0.25) is 9.78 Å². The van der Waals surface area contributed by atoms with Crippen molar-refractivity contribution in [3.63, 3.8) is 0 Å². The van der Waals surface area contributed by atoms with Gasteiger partial charge in [-0.2, -0.15) is 0 Å². The van der Waals surface area contributed by atoms with Crippen LogP contribution in [-0.2, 0) is 0 Å². The predicted octanol–water partition coefficient (Wildman–Crippen LogP) is 1.68. The molecule has 1 aromatic heterocycles.